The number of methoxy groups -OCH3 is 1. The Morgan fingerprint density at radius 3 is 2.10 bits per heavy atom. The van der Waals surface area contributed by atoms with Crippen molar-refractivity contribution in [2.45, 2.75) is 0 Å². The van der Waals surface area contributed by atoms with Crippen LogP contribution in [-0.2, 0) is 4.74 Å². The highest BCUT2D eigenvalue weighted by molar-refractivity contribution is 9.11. The number of rotatable bonds is 3. The first-order chi connectivity index (χ1) is 10.1. The number of hydrogen-bond acceptors (Lipinski definition) is 5. The van der Waals surface area contributed by atoms with E-state index in [0.717, 1.165) is 27.1 Å². The van der Waals surface area contributed by atoms with Crippen molar-refractivity contribution < 1.29 is 9.53 Å². The van der Waals surface area contributed by atoms with E-state index in [2.05, 4.69) is 37.9 Å². The largest absolute Gasteiger partial charge is 0.465 e. The third kappa shape index (κ3) is 3.17. The lowest BCUT2D eigenvalue weighted by Gasteiger charge is -1.98. The Kier molecular flexibility index (Phi) is 4.66. The van der Waals surface area contributed by atoms with E-state index >= 15 is 0 Å². The van der Waals surface area contributed by atoms with E-state index < -0.39 is 0 Å². The van der Waals surface area contributed by atoms with E-state index in [4.69, 9.17) is 4.74 Å². The average Bonchev–Trinajstić information content (AvgIpc) is 3.16. The van der Waals surface area contributed by atoms with Gasteiger partial charge in [-0.1, -0.05) is 0 Å². The fourth-order valence-electron chi connectivity index (χ4n) is 1.84. The maximum Gasteiger partial charge on any atom is 0.339 e. The predicted octanol–water partition coefficient (Wildman–Crippen LogP) is 6.52. The molecule has 0 saturated heterocycles. The summed E-state index contributed by atoms with van der Waals surface area (Å²) in [6, 6.07) is 9.98. The second kappa shape index (κ2) is 6.34. The highest BCUT2D eigenvalue weighted by Gasteiger charge is 2.20. The minimum absolute atomic E-state index is 0.298. The molecule has 0 unspecified atom stereocenters. The molecule has 0 amide bonds. The number of carbonyl (C=O) groups excluding carboxylic acids is 1. The first-order valence-electron chi connectivity index (χ1n) is 5.82. The molecule has 7 heteroatoms. The Hall–Kier alpha value is -0.470. The zero-order valence-electron chi connectivity index (χ0n) is 10.7. The Balaban J connectivity index is 2.13. The van der Waals surface area contributed by atoms with Crippen LogP contribution in [0.4, 0.5) is 0 Å². The molecule has 0 bridgehead atoms. The molecule has 3 rings (SSSR count). The van der Waals surface area contributed by atoms with E-state index in [0.29, 0.717) is 5.56 Å². The van der Waals surface area contributed by atoms with E-state index in [1.165, 1.54) is 7.11 Å². The van der Waals surface area contributed by atoms with E-state index in [9.17, 15) is 4.79 Å². The van der Waals surface area contributed by atoms with Crippen molar-refractivity contribution in [2.75, 3.05) is 7.11 Å². The second-order valence-corrected chi connectivity index (χ2v) is 10.0. The molecule has 0 atom stereocenters. The van der Waals surface area contributed by atoms with Crippen LogP contribution in [0.2, 0.25) is 0 Å². The molecule has 0 N–H and O–H groups in total. The van der Waals surface area contributed by atoms with Crippen LogP contribution in [-0.4, -0.2) is 13.1 Å². The van der Waals surface area contributed by atoms with Crippen LogP contribution in [0.15, 0.2) is 37.9 Å². The molecule has 3 aromatic heterocycles. The Morgan fingerprint density at radius 2 is 1.57 bits per heavy atom. The van der Waals surface area contributed by atoms with E-state index in [1.54, 1.807) is 34.0 Å². The molecule has 0 saturated carbocycles. The molecular formula is C14H8Br2O2S3. The van der Waals surface area contributed by atoms with Crippen molar-refractivity contribution in [3.05, 3.63) is 43.5 Å². The Labute approximate surface area is 150 Å². The van der Waals surface area contributed by atoms with Gasteiger partial charge in [0.1, 0.15) is 0 Å². The van der Waals surface area contributed by atoms with Crippen molar-refractivity contribution in [3.63, 3.8) is 0 Å². The SMILES string of the molecule is COC(=O)c1cc(-c2ccc(Br)s2)sc1-c1ccc(Br)s1. The van der Waals surface area contributed by atoms with Crippen LogP contribution < -0.4 is 0 Å². The molecular weight excluding hydrogens is 456 g/mol. The van der Waals surface area contributed by atoms with Crippen LogP contribution in [0.3, 0.4) is 0 Å². The van der Waals surface area contributed by atoms with Gasteiger partial charge in [-0.15, -0.1) is 34.0 Å². The van der Waals surface area contributed by atoms with Gasteiger partial charge in [-0.05, 0) is 62.2 Å². The molecule has 0 radical (unpaired) electrons. The van der Waals surface area contributed by atoms with Gasteiger partial charge in [0.05, 0.1) is 25.1 Å². The topological polar surface area (TPSA) is 26.3 Å². The fourth-order valence-corrected chi connectivity index (χ4v) is 5.96. The van der Waals surface area contributed by atoms with Gasteiger partial charge in [0.2, 0.25) is 0 Å². The molecule has 0 aromatic carbocycles. The van der Waals surface area contributed by atoms with Gasteiger partial charge >= 0.3 is 5.97 Å². The summed E-state index contributed by atoms with van der Waals surface area (Å²) in [5.74, 6) is -0.298. The van der Waals surface area contributed by atoms with Crippen molar-refractivity contribution in [2.24, 2.45) is 0 Å². The van der Waals surface area contributed by atoms with Gasteiger partial charge in [0.25, 0.3) is 0 Å². The normalized spacial score (nSPS) is 10.8. The molecule has 0 aliphatic carbocycles. The summed E-state index contributed by atoms with van der Waals surface area (Å²) in [6.07, 6.45) is 0. The smallest absolute Gasteiger partial charge is 0.339 e. The zero-order valence-corrected chi connectivity index (χ0v) is 16.3. The highest BCUT2D eigenvalue weighted by Crippen LogP contribution is 2.44. The number of esters is 1. The molecule has 108 valence electrons. The Bertz CT molecular complexity index is 801. The minimum atomic E-state index is -0.298. The summed E-state index contributed by atoms with van der Waals surface area (Å²) in [7, 11) is 1.41. The first-order valence-corrected chi connectivity index (χ1v) is 9.85. The summed E-state index contributed by atoms with van der Waals surface area (Å²) < 4.78 is 7.03. The maximum atomic E-state index is 12.0. The van der Waals surface area contributed by atoms with Gasteiger partial charge in [0, 0.05) is 14.6 Å². The van der Waals surface area contributed by atoms with Gasteiger partial charge < -0.3 is 4.74 Å². The van der Waals surface area contributed by atoms with Crippen LogP contribution in [0.25, 0.3) is 19.5 Å². The zero-order chi connectivity index (χ0) is 15.0. The molecule has 2 nitrogen and oxygen atoms in total. The summed E-state index contributed by atoms with van der Waals surface area (Å²) in [4.78, 5) is 16.3. The lowest BCUT2D eigenvalue weighted by atomic mass is 10.2. The summed E-state index contributed by atoms with van der Waals surface area (Å²) in [6.45, 7) is 0. The monoisotopic (exact) mass is 462 g/mol. The standard InChI is InChI=1S/C14H8Br2O2S3/c1-18-14(17)7-6-10(8-2-4-11(15)19-8)21-13(7)9-3-5-12(16)20-9/h2-6H,1H3. The highest BCUT2D eigenvalue weighted by atomic mass is 79.9. The number of ether oxygens (including phenoxy) is 1. The quantitative estimate of drug-likeness (QED) is 0.413. The first kappa shape index (κ1) is 15.4. The van der Waals surface area contributed by atoms with Gasteiger partial charge in [-0.3, -0.25) is 0 Å². The lowest BCUT2D eigenvalue weighted by molar-refractivity contribution is 0.0602. The number of carbonyl (C=O) groups is 1. The molecule has 0 fully saturated rings. The van der Waals surface area contributed by atoms with Crippen molar-refractivity contribution in [1.29, 1.82) is 0 Å². The summed E-state index contributed by atoms with van der Waals surface area (Å²) >= 11 is 11.8. The third-order valence-corrected chi connectivity index (χ3v) is 7.51. The third-order valence-electron chi connectivity index (χ3n) is 2.75. The molecule has 3 aromatic rings. The minimum Gasteiger partial charge on any atom is -0.465 e. The second-order valence-electron chi connectivity index (χ2n) is 4.05. The number of thiophene rings is 3. The van der Waals surface area contributed by atoms with Crippen LogP contribution in [0.5, 0.6) is 0 Å². The fraction of sp³-hybridized carbons (Fsp3) is 0.0714. The predicted molar refractivity (Wildman–Crippen MR) is 97.7 cm³/mol. The molecule has 21 heavy (non-hydrogen) atoms. The van der Waals surface area contributed by atoms with Gasteiger partial charge in [-0.25, -0.2) is 4.79 Å². The van der Waals surface area contributed by atoms with Gasteiger partial charge in [0.15, 0.2) is 0 Å². The van der Waals surface area contributed by atoms with Crippen molar-refractivity contribution >= 4 is 71.8 Å². The van der Waals surface area contributed by atoms with Crippen LogP contribution >= 0.6 is 65.9 Å². The maximum absolute atomic E-state index is 12.0. The molecule has 0 aliphatic heterocycles. The van der Waals surface area contributed by atoms with Crippen LogP contribution in [0, 0.1) is 0 Å². The summed E-state index contributed by atoms with van der Waals surface area (Å²) in [5.41, 5.74) is 0.622. The molecule has 3 heterocycles. The van der Waals surface area contributed by atoms with Crippen molar-refractivity contribution in [1.82, 2.24) is 0 Å². The van der Waals surface area contributed by atoms with Crippen molar-refractivity contribution in [3.8, 4) is 19.5 Å². The molecule has 0 spiro atoms. The lowest BCUT2D eigenvalue weighted by Crippen LogP contribution is -2.00. The summed E-state index contributed by atoms with van der Waals surface area (Å²) in [5, 5.41) is 0. The number of halogens is 2. The Morgan fingerprint density at radius 1 is 0.952 bits per heavy atom. The van der Waals surface area contributed by atoms with E-state index in [-0.39, 0.29) is 5.97 Å². The molecule has 0 aliphatic rings. The number of hydrogen-bond donors (Lipinski definition) is 0. The average molecular weight is 464 g/mol. The van der Waals surface area contributed by atoms with Gasteiger partial charge in [-0.2, -0.15) is 0 Å². The van der Waals surface area contributed by atoms with Crippen LogP contribution in [0.1, 0.15) is 10.4 Å². The van der Waals surface area contributed by atoms with E-state index in [1.807, 2.05) is 24.3 Å².